The van der Waals surface area contributed by atoms with Crippen molar-refractivity contribution in [3.05, 3.63) is 82.8 Å². The van der Waals surface area contributed by atoms with Gasteiger partial charge in [0.25, 0.3) is 0 Å². The zero-order valence-corrected chi connectivity index (χ0v) is 15.2. The van der Waals surface area contributed by atoms with Crippen molar-refractivity contribution in [1.82, 2.24) is 9.97 Å². The van der Waals surface area contributed by atoms with Gasteiger partial charge in [0.15, 0.2) is 0 Å². The number of allylic oxidation sites excluding steroid dienone is 1. The number of H-pyrrole nitrogens is 1. The molecule has 0 unspecified atom stereocenters. The van der Waals surface area contributed by atoms with E-state index in [1.54, 1.807) is 0 Å². The van der Waals surface area contributed by atoms with E-state index in [2.05, 4.69) is 49.2 Å². The Morgan fingerprint density at radius 3 is 2.46 bits per heavy atom. The third-order valence-electron chi connectivity index (χ3n) is 4.96. The lowest BCUT2D eigenvalue weighted by Gasteiger charge is -2.13. The second kappa shape index (κ2) is 6.75. The number of nitrogens with zero attached hydrogens (tertiary/aromatic N) is 1. The first kappa shape index (κ1) is 16.5. The Morgan fingerprint density at radius 1 is 1.00 bits per heavy atom. The average molecular weight is 342 g/mol. The Kier molecular flexibility index (Phi) is 4.29. The van der Waals surface area contributed by atoms with Crippen molar-refractivity contribution in [3.8, 4) is 11.3 Å². The summed E-state index contributed by atoms with van der Waals surface area (Å²) in [6.07, 6.45) is 2.01. The molecule has 1 aliphatic carbocycles. The largest absolute Gasteiger partial charge is 0.362 e. The van der Waals surface area contributed by atoms with Gasteiger partial charge in [0.1, 0.15) is 5.78 Å². The Bertz CT molecular complexity index is 996. The van der Waals surface area contributed by atoms with Gasteiger partial charge < -0.3 is 4.98 Å². The summed E-state index contributed by atoms with van der Waals surface area (Å²) in [5.74, 6) is 0.321. The van der Waals surface area contributed by atoms with E-state index in [4.69, 9.17) is 4.98 Å². The van der Waals surface area contributed by atoms with E-state index in [1.807, 2.05) is 24.3 Å². The quantitative estimate of drug-likeness (QED) is 0.707. The van der Waals surface area contributed by atoms with Crippen LogP contribution in [-0.2, 0) is 4.79 Å². The van der Waals surface area contributed by atoms with Gasteiger partial charge in [0.2, 0.25) is 0 Å². The van der Waals surface area contributed by atoms with Crippen LogP contribution in [0.4, 0.5) is 0 Å². The minimum Gasteiger partial charge on any atom is -0.362 e. The molecule has 3 heteroatoms. The SMILES string of the molecule is Cc1cc(-c2cccc(C(=C3CCC(=O)C3)c3ccccc3)n2)c(C)[nH]1. The molecule has 2 heterocycles. The Balaban J connectivity index is 1.86. The lowest BCUT2D eigenvalue weighted by Crippen LogP contribution is -1.98. The number of hydrogen-bond donors (Lipinski definition) is 1. The highest BCUT2D eigenvalue weighted by molar-refractivity contribution is 5.91. The molecule has 0 spiro atoms. The van der Waals surface area contributed by atoms with Gasteiger partial charge in [-0.05, 0) is 44.0 Å². The molecule has 0 bridgehead atoms. The van der Waals surface area contributed by atoms with Crippen LogP contribution in [0.1, 0.15) is 41.9 Å². The van der Waals surface area contributed by atoms with Crippen molar-refractivity contribution < 1.29 is 4.79 Å². The predicted octanol–water partition coefficient (Wildman–Crippen LogP) is 5.25. The Morgan fingerprint density at radius 2 is 1.81 bits per heavy atom. The van der Waals surface area contributed by atoms with Crippen molar-refractivity contribution >= 4 is 11.4 Å². The maximum Gasteiger partial charge on any atom is 0.137 e. The molecule has 3 nitrogen and oxygen atoms in total. The molecular weight excluding hydrogens is 320 g/mol. The number of Topliss-reactive ketones (excluding diaryl/α,β-unsaturated/α-hetero) is 1. The zero-order chi connectivity index (χ0) is 18.1. The number of ketones is 1. The average Bonchev–Trinajstić information content (AvgIpc) is 3.21. The number of rotatable bonds is 3. The lowest BCUT2D eigenvalue weighted by molar-refractivity contribution is -0.117. The van der Waals surface area contributed by atoms with Crippen molar-refractivity contribution in [2.24, 2.45) is 0 Å². The minimum atomic E-state index is 0.321. The molecule has 0 saturated heterocycles. The molecule has 0 radical (unpaired) electrons. The number of aromatic nitrogens is 2. The van der Waals surface area contributed by atoms with Crippen molar-refractivity contribution in [2.75, 3.05) is 0 Å². The normalized spacial score (nSPS) is 16.2. The van der Waals surface area contributed by atoms with E-state index < -0.39 is 0 Å². The number of benzene rings is 1. The van der Waals surface area contributed by atoms with Gasteiger partial charge in [-0.1, -0.05) is 42.0 Å². The first-order chi connectivity index (χ1) is 12.6. The van der Waals surface area contributed by atoms with E-state index in [-0.39, 0.29) is 0 Å². The predicted molar refractivity (Wildman–Crippen MR) is 105 cm³/mol. The van der Waals surface area contributed by atoms with E-state index in [9.17, 15) is 4.79 Å². The second-order valence-corrected chi connectivity index (χ2v) is 6.96. The summed E-state index contributed by atoms with van der Waals surface area (Å²) in [5.41, 5.74) is 8.73. The molecule has 2 aromatic heterocycles. The summed E-state index contributed by atoms with van der Waals surface area (Å²) >= 11 is 0. The number of hydrogen-bond acceptors (Lipinski definition) is 2. The van der Waals surface area contributed by atoms with Gasteiger partial charge in [-0.3, -0.25) is 4.79 Å². The van der Waals surface area contributed by atoms with Gasteiger partial charge in [-0.2, -0.15) is 0 Å². The van der Waals surface area contributed by atoms with Crippen LogP contribution in [-0.4, -0.2) is 15.8 Å². The number of nitrogens with one attached hydrogen (secondary N) is 1. The smallest absolute Gasteiger partial charge is 0.137 e. The highest BCUT2D eigenvalue weighted by Crippen LogP contribution is 2.35. The fraction of sp³-hybridized carbons (Fsp3) is 0.217. The van der Waals surface area contributed by atoms with Crippen LogP contribution in [0.5, 0.6) is 0 Å². The Hall–Kier alpha value is -2.94. The van der Waals surface area contributed by atoms with E-state index >= 15 is 0 Å². The molecule has 4 rings (SSSR count). The van der Waals surface area contributed by atoms with Crippen LogP contribution in [0.2, 0.25) is 0 Å². The van der Waals surface area contributed by atoms with E-state index in [0.29, 0.717) is 18.6 Å². The first-order valence-corrected chi connectivity index (χ1v) is 9.05. The van der Waals surface area contributed by atoms with Crippen molar-refractivity contribution in [2.45, 2.75) is 33.1 Å². The number of aryl methyl sites for hydroxylation is 2. The molecule has 0 aliphatic heterocycles. The summed E-state index contributed by atoms with van der Waals surface area (Å²) in [4.78, 5) is 20.2. The van der Waals surface area contributed by atoms with E-state index in [0.717, 1.165) is 45.9 Å². The lowest BCUT2D eigenvalue weighted by atomic mass is 9.95. The van der Waals surface area contributed by atoms with Crippen molar-refractivity contribution in [3.63, 3.8) is 0 Å². The fourth-order valence-corrected chi connectivity index (χ4v) is 3.77. The molecule has 1 N–H and O–H groups in total. The standard InChI is InChI=1S/C23H22N2O/c1-15-13-20(16(2)24-15)21-9-6-10-22(25-21)23(17-7-4-3-5-8-17)18-11-12-19(26)14-18/h3-10,13,24H,11-12,14H2,1-2H3. The summed E-state index contributed by atoms with van der Waals surface area (Å²) < 4.78 is 0. The number of carbonyl (C=O) groups excluding carboxylic acids is 1. The van der Waals surface area contributed by atoms with Gasteiger partial charge >= 0.3 is 0 Å². The third-order valence-corrected chi connectivity index (χ3v) is 4.96. The maximum absolute atomic E-state index is 11.9. The van der Waals surface area contributed by atoms with Crippen LogP contribution in [0.15, 0.2) is 60.2 Å². The first-order valence-electron chi connectivity index (χ1n) is 9.05. The molecule has 3 aromatic rings. The topological polar surface area (TPSA) is 45.8 Å². The summed E-state index contributed by atoms with van der Waals surface area (Å²) in [6, 6.07) is 18.6. The fourth-order valence-electron chi connectivity index (χ4n) is 3.77. The second-order valence-electron chi connectivity index (χ2n) is 6.96. The maximum atomic E-state index is 11.9. The molecule has 1 fully saturated rings. The molecule has 1 aliphatic rings. The molecule has 0 amide bonds. The molecule has 1 saturated carbocycles. The highest BCUT2D eigenvalue weighted by Gasteiger charge is 2.22. The molecule has 1 aromatic carbocycles. The number of pyridine rings is 1. The Labute approximate surface area is 153 Å². The van der Waals surface area contributed by atoms with Gasteiger partial charge in [-0.15, -0.1) is 0 Å². The molecule has 130 valence electrons. The van der Waals surface area contributed by atoms with Crippen LogP contribution in [0, 0.1) is 13.8 Å². The monoisotopic (exact) mass is 342 g/mol. The molecular formula is C23H22N2O. The summed E-state index contributed by atoms with van der Waals surface area (Å²) in [7, 11) is 0. The molecule has 26 heavy (non-hydrogen) atoms. The summed E-state index contributed by atoms with van der Waals surface area (Å²) in [6.45, 7) is 4.13. The van der Waals surface area contributed by atoms with Gasteiger partial charge in [0, 0.05) is 35.4 Å². The van der Waals surface area contributed by atoms with Crippen molar-refractivity contribution in [1.29, 1.82) is 0 Å². The summed E-state index contributed by atoms with van der Waals surface area (Å²) in [5, 5.41) is 0. The van der Waals surface area contributed by atoms with Crippen LogP contribution in [0.25, 0.3) is 16.8 Å². The molecule has 0 atom stereocenters. The van der Waals surface area contributed by atoms with Crippen LogP contribution in [0.3, 0.4) is 0 Å². The minimum absolute atomic E-state index is 0.321. The van der Waals surface area contributed by atoms with Crippen LogP contribution >= 0.6 is 0 Å². The zero-order valence-electron chi connectivity index (χ0n) is 15.2. The number of aromatic amines is 1. The van der Waals surface area contributed by atoms with E-state index in [1.165, 1.54) is 5.57 Å². The number of carbonyl (C=O) groups is 1. The third kappa shape index (κ3) is 3.13. The highest BCUT2D eigenvalue weighted by atomic mass is 16.1. The van der Waals surface area contributed by atoms with Crippen LogP contribution < -0.4 is 0 Å². The van der Waals surface area contributed by atoms with Gasteiger partial charge in [0.05, 0.1) is 11.4 Å². The van der Waals surface area contributed by atoms with Gasteiger partial charge in [-0.25, -0.2) is 4.98 Å².